The van der Waals surface area contributed by atoms with Crippen molar-refractivity contribution in [2.45, 2.75) is 46.1 Å². The first kappa shape index (κ1) is 16.9. The number of likely N-dealkylation sites (tertiary alicyclic amines) is 1. The number of esters is 1. The highest BCUT2D eigenvalue weighted by Gasteiger charge is 2.50. The van der Waals surface area contributed by atoms with Gasteiger partial charge in [-0.3, -0.25) is 4.79 Å². The zero-order valence-corrected chi connectivity index (χ0v) is 14.5. The second-order valence-corrected chi connectivity index (χ2v) is 8.32. The zero-order chi connectivity index (χ0) is 17.5. The summed E-state index contributed by atoms with van der Waals surface area (Å²) in [6.07, 6.45) is 3.09. The smallest absolute Gasteiger partial charge is 0.338 e. The molecule has 4 nitrogen and oxygen atoms in total. The van der Waals surface area contributed by atoms with Crippen LogP contribution < -0.4 is 0 Å². The molecule has 2 aliphatic rings. The van der Waals surface area contributed by atoms with Crippen LogP contribution in [0.5, 0.6) is 0 Å². The highest BCUT2D eigenvalue weighted by atomic mass is 19.1. The number of rotatable bonds is 3. The molecule has 0 unspecified atom stereocenters. The molecule has 130 valence electrons. The predicted octanol–water partition coefficient (Wildman–Crippen LogP) is 3.41. The molecule has 2 atom stereocenters. The third-order valence-electron chi connectivity index (χ3n) is 5.12. The van der Waals surface area contributed by atoms with Gasteiger partial charge in [0.05, 0.1) is 5.56 Å². The van der Waals surface area contributed by atoms with Gasteiger partial charge in [0.1, 0.15) is 5.82 Å². The maximum atomic E-state index is 13.2. The highest BCUT2D eigenvalue weighted by Crippen LogP contribution is 2.52. The van der Waals surface area contributed by atoms with Crippen LogP contribution in [0.4, 0.5) is 4.39 Å². The van der Waals surface area contributed by atoms with Gasteiger partial charge >= 0.3 is 5.97 Å². The van der Waals surface area contributed by atoms with E-state index in [2.05, 4.69) is 20.8 Å². The number of ether oxygens (including phenoxy) is 1. The number of carbonyl (C=O) groups is 2. The maximum Gasteiger partial charge on any atom is 0.338 e. The van der Waals surface area contributed by atoms with Crippen LogP contribution in [0.15, 0.2) is 24.3 Å². The van der Waals surface area contributed by atoms with E-state index in [-0.39, 0.29) is 34.9 Å². The molecule has 2 fully saturated rings. The Bertz CT molecular complexity index is 672. The molecule has 0 N–H and O–H groups in total. The quantitative estimate of drug-likeness (QED) is 0.797. The number of hydrogen-bond donors (Lipinski definition) is 0. The van der Waals surface area contributed by atoms with E-state index in [1.807, 2.05) is 4.90 Å². The topological polar surface area (TPSA) is 46.6 Å². The molecule has 3 rings (SSSR count). The van der Waals surface area contributed by atoms with E-state index in [0.29, 0.717) is 0 Å². The number of benzene rings is 1. The maximum absolute atomic E-state index is 13.2. The molecule has 1 aromatic carbocycles. The Labute approximate surface area is 142 Å². The zero-order valence-electron chi connectivity index (χ0n) is 14.5. The van der Waals surface area contributed by atoms with Crippen molar-refractivity contribution in [1.82, 2.24) is 4.90 Å². The molecule has 24 heavy (non-hydrogen) atoms. The molecule has 1 saturated heterocycles. The van der Waals surface area contributed by atoms with Crippen LogP contribution in [0.3, 0.4) is 0 Å². The van der Waals surface area contributed by atoms with E-state index in [1.165, 1.54) is 18.2 Å². The first-order valence-electron chi connectivity index (χ1n) is 8.40. The minimum atomic E-state index is -0.670. The van der Waals surface area contributed by atoms with Gasteiger partial charge in [0.25, 0.3) is 5.91 Å². The van der Waals surface area contributed by atoms with Gasteiger partial charge < -0.3 is 9.64 Å². The van der Waals surface area contributed by atoms with Gasteiger partial charge in [0.2, 0.25) is 0 Å². The van der Waals surface area contributed by atoms with E-state index in [0.717, 1.165) is 31.9 Å². The van der Waals surface area contributed by atoms with E-state index < -0.39 is 11.8 Å². The highest BCUT2D eigenvalue weighted by molar-refractivity contribution is 5.91. The summed E-state index contributed by atoms with van der Waals surface area (Å²) >= 11 is 0. The lowest BCUT2D eigenvalue weighted by Crippen LogP contribution is -2.39. The fourth-order valence-corrected chi connectivity index (χ4v) is 4.66. The van der Waals surface area contributed by atoms with Crippen molar-refractivity contribution in [3.05, 3.63) is 35.6 Å². The molecule has 1 aliphatic heterocycles. The Morgan fingerprint density at radius 1 is 1.29 bits per heavy atom. The summed E-state index contributed by atoms with van der Waals surface area (Å²) in [5, 5.41) is 0. The predicted molar refractivity (Wildman–Crippen MR) is 87.9 cm³/mol. The van der Waals surface area contributed by atoms with Gasteiger partial charge in [0, 0.05) is 12.6 Å². The van der Waals surface area contributed by atoms with E-state index >= 15 is 0 Å². The number of amides is 1. The molecule has 1 aromatic rings. The van der Waals surface area contributed by atoms with Crippen LogP contribution in [0, 0.1) is 16.6 Å². The summed E-state index contributed by atoms with van der Waals surface area (Å²) in [4.78, 5) is 26.3. The van der Waals surface area contributed by atoms with Crippen molar-refractivity contribution >= 4 is 11.9 Å². The van der Waals surface area contributed by atoms with Crippen LogP contribution >= 0.6 is 0 Å². The summed E-state index contributed by atoms with van der Waals surface area (Å²) in [7, 11) is 0. The van der Waals surface area contributed by atoms with Crippen LogP contribution in [-0.2, 0) is 9.53 Å². The Hall–Kier alpha value is -1.91. The summed E-state index contributed by atoms with van der Waals surface area (Å²) in [5.74, 6) is -1.33. The Morgan fingerprint density at radius 3 is 2.75 bits per heavy atom. The van der Waals surface area contributed by atoms with Gasteiger partial charge in [-0.1, -0.05) is 26.8 Å². The number of halogens is 1. The third kappa shape index (κ3) is 3.45. The van der Waals surface area contributed by atoms with Crippen molar-refractivity contribution in [2.24, 2.45) is 10.8 Å². The van der Waals surface area contributed by atoms with Crippen molar-refractivity contribution in [3.63, 3.8) is 0 Å². The molecular formula is C19H24FNO3. The number of fused-ring (bicyclic) bond motifs is 2. The first-order chi connectivity index (χ1) is 11.2. The lowest BCUT2D eigenvalue weighted by Gasteiger charge is -2.39. The van der Waals surface area contributed by atoms with Crippen molar-refractivity contribution < 1.29 is 18.7 Å². The van der Waals surface area contributed by atoms with Crippen molar-refractivity contribution in [3.8, 4) is 0 Å². The van der Waals surface area contributed by atoms with Gasteiger partial charge in [-0.2, -0.15) is 0 Å². The average molecular weight is 333 g/mol. The van der Waals surface area contributed by atoms with Crippen LogP contribution in [0.1, 0.15) is 50.4 Å². The second kappa shape index (κ2) is 5.87. The average Bonchev–Trinajstić information content (AvgIpc) is 2.73. The van der Waals surface area contributed by atoms with Crippen LogP contribution in [0.25, 0.3) is 0 Å². The van der Waals surface area contributed by atoms with Crippen LogP contribution in [-0.4, -0.2) is 36.0 Å². The van der Waals surface area contributed by atoms with E-state index in [4.69, 9.17) is 4.74 Å². The van der Waals surface area contributed by atoms with Crippen LogP contribution in [0.2, 0.25) is 0 Å². The Balaban J connectivity index is 1.61. The minimum absolute atomic E-state index is 0.121. The summed E-state index contributed by atoms with van der Waals surface area (Å²) in [6, 6.07) is 5.51. The largest absolute Gasteiger partial charge is 0.452 e. The summed E-state index contributed by atoms with van der Waals surface area (Å²) in [5.41, 5.74) is 0.496. The molecule has 1 saturated carbocycles. The van der Waals surface area contributed by atoms with Crippen molar-refractivity contribution in [1.29, 1.82) is 0 Å². The minimum Gasteiger partial charge on any atom is -0.452 e. The fourth-order valence-electron chi connectivity index (χ4n) is 4.66. The normalized spacial score (nSPS) is 27.8. The summed E-state index contributed by atoms with van der Waals surface area (Å²) < 4.78 is 18.2. The van der Waals surface area contributed by atoms with E-state index in [9.17, 15) is 14.0 Å². The molecule has 5 heteroatoms. The van der Waals surface area contributed by atoms with Gasteiger partial charge in [-0.25, -0.2) is 9.18 Å². The lowest BCUT2D eigenvalue weighted by atomic mass is 9.65. The molecule has 0 aromatic heterocycles. The van der Waals surface area contributed by atoms with Gasteiger partial charge in [-0.15, -0.1) is 0 Å². The second-order valence-electron chi connectivity index (χ2n) is 8.32. The van der Waals surface area contributed by atoms with E-state index in [1.54, 1.807) is 0 Å². The molecule has 1 aliphatic carbocycles. The molecule has 2 bridgehead atoms. The van der Waals surface area contributed by atoms with Crippen molar-refractivity contribution in [2.75, 3.05) is 13.2 Å². The molecule has 1 amide bonds. The Kier molecular flexibility index (Phi) is 4.14. The number of carbonyl (C=O) groups excluding carboxylic acids is 2. The SMILES string of the molecule is CC1(C)C[C@@H]2C[C@@](C)(CN2C(=O)COC(=O)c2cccc(F)c2)C1. The number of hydrogen-bond acceptors (Lipinski definition) is 3. The molecular weight excluding hydrogens is 309 g/mol. The summed E-state index contributed by atoms with van der Waals surface area (Å²) in [6.45, 7) is 7.15. The molecule has 0 radical (unpaired) electrons. The molecule has 1 heterocycles. The van der Waals surface area contributed by atoms with Gasteiger partial charge in [-0.05, 0) is 48.3 Å². The molecule has 0 spiro atoms. The number of nitrogens with zero attached hydrogens (tertiary/aromatic N) is 1. The fraction of sp³-hybridized carbons (Fsp3) is 0.579. The third-order valence-corrected chi connectivity index (χ3v) is 5.12. The Morgan fingerprint density at radius 2 is 2.04 bits per heavy atom. The van der Waals surface area contributed by atoms with Gasteiger partial charge in [0.15, 0.2) is 6.61 Å². The lowest BCUT2D eigenvalue weighted by molar-refractivity contribution is -0.135. The monoisotopic (exact) mass is 333 g/mol. The standard InChI is InChI=1S/C19H24FNO3/c1-18(2)8-15-9-19(3,11-18)12-21(15)16(22)10-24-17(23)13-5-4-6-14(20)7-13/h4-7,15H,8-12H2,1-3H3/t15-,19-/m1/s1. The first-order valence-corrected chi connectivity index (χ1v) is 8.40.